The van der Waals surface area contributed by atoms with Crippen molar-refractivity contribution in [3.8, 4) is 0 Å². The summed E-state index contributed by atoms with van der Waals surface area (Å²) in [6.07, 6.45) is 4.44. The van der Waals surface area contributed by atoms with Gasteiger partial charge in [-0.2, -0.15) is 0 Å². The molecule has 3 atom stereocenters. The average molecular weight is 225 g/mol. The Hall–Kier alpha value is -1.06. The highest BCUT2D eigenvalue weighted by Gasteiger charge is 2.39. The van der Waals surface area contributed by atoms with Crippen LogP contribution in [0, 0.1) is 11.8 Å². The van der Waals surface area contributed by atoms with Crippen LogP contribution in [0.3, 0.4) is 0 Å². The van der Waals surface area contributed by atoms with Crippen molar-refractivity contribution in [3.05, 3.63) is 0 Å². The number of nitrogens with zero attached hydrogens (tertiary/aromatic N) is 1. The van der Waals surface area contributed by atoms with Gasteiger partial charge in [0.2, 0.25) is 5.91 Å². The normalized spacial score (nSPS) is 34.3. The number of hydrogen-bond acceptors (Lipinski definition) is 2. The van der Waals surface area contributed by atoms with Gasteiger partial charge in [-0.3, -0.25) is 9.59 Å². The summed E-state index contributed by atoms with van der Waals surface area (Å²) < 4.78 is 0. The number of rotatable bonds is 1. The molecular formula is C12H19NO3. The van der Waals surface area contributed by atoms with Gasteiger partial charge in [0.15, 0.2) is 0 Å². The molecule has 0 spiro atoms. The van der Waals surface area contributed by atoms with E-state index in [2.05, 4.69) is 0 Å². The number of carboxylic acid groups (broad SMARTS) is 1. The average Bonchev–Trinajstić information content (AvgIpc) is 2.27. The SMILES string of the molecule is CC(=O)N1CCCC2CC(C(=O)O)CCC21. The monoisotopic (exact) mass is 225 g/mol. The van der Waals surface area contributed by atoms with Crippen LogP contribution in [-0.2, 0) is 9.59 Å². The zero-order valence-corrected chi connectivity index (χ0v) is 9.69. The minimum Gasteiger partial charge on any atom is -0.481 e. The van der Waals surface area contributed by atoms with Gasteiger partial charge in [-0.15, -0.1) is 0 Å². The highest BCUT2D eigenvalue weighted by atomic mass is 16.4. The maximum absolute atomic E-state index is 11.5. The molecule has 4 nitrogen and oxygen atoms in total. The largest absolute Gasteiger partial charge is 0.481 e. The van der Waals surface area contributed by atoms with Crippen LogP contribution in [-0.4, -0.2) is 34.5 Å². The Labute approximate surface area is 95.6 Å². The molecule has 1 amide bonds. The van der Waals surface area contributed by atoms with E-state index in [0.29, 0.717) is 12.0 Å². The molecule has 4 heteroatoms. The number of carboxylic acids is 1. The van der Waals surface area contributed by atoms with Crippen LogP contribution in [0.2, 0.25) is 0 Å². The summed E-state index contributed by atoms with van der Waals surface area (Å²) in [6, 6.07) is 0.307. The summed E-state index contributed by atoms with van der Waals surface area (Å²) in [6.45, 7) is 2.47. The Bertz CT molecular complexity index is 303. The smallest absolute Gasteiger partial charge is 0.306 e. The molecule has 1 heterocycles. The first-order valence-corrected chi connectivity index (χ1v) is 6.09. The minimum absolute atomic E-state index is 0.142. The van der Waals surface area contributed by atoms with Crippen molar-refractivity contribution in [2.45, 2.75) is 45.1 Å². The van der Waals surface area contributed by atoms with E-state index in [0.717, 1.165) is 38.6 Å². The van der Waals surface area contributed by atoms with E-state index in [1.165, 1.54) is 0 Å². The molecule has 2 rings (SSSR count). The molecule has 1 aliphatic carbocycles. The van der Waals surface area contributed by atoms with Crippen molar-refractivity contribution in [2.75, 3.05) is 6.54 Å². The van der Waals surface area contributed by atoms with E-state index >= 15 is 0 Å². The molecule has 0 bridgehead atoms. The zero-order chi connectivity index (χ0) is 11.7. The number of carbonyl (C=O) groups is 2. The second-order valence-electron chi connectivity index (χ2n) is 5.03. The lowest BCUT2D eigenvalue weighted by Crippen LogP contribution is -2.50. The first kappa shape index (κ1) is 11.4. The van der Waals surface area contributed by atoms with Gasteiger partial charge in [-0.05, 0) is 38.0 Å². The summed E-state index contributed by atoms with van der Waals surface area (Å²) in [5.74, 6) is -0.303. The van der Waals surface area contributed by atoms with E-state index in [9.17, 15) is 9.59 Å². The number of likely N-dealkylation sites (tertiary alicyclic amines) is 1. The maximum Gasteiger partial charge on any atom is 0.306 e. The number of carbonyl (C=O) groups excluding carboxylic acids is 1. The Morgan fingerprint density at radius 2 is 2.00 bits per heavy atom. The van der Waals surface area contributed by atoms with E-state index in [4.69, 9.17) is 5.11 Å². The lowest BCUT2D eigenvalue weighted by molar-refractivity contribution is -0.145. The van der Waals surface area contributed by atoms with Crippen LogP contribution in [0.1, 0.15) is 39.0 Å². The van der Waals surface area contributed by atoms with Crippen molar-refractivity contribution in [1.82, 2.24) is 4.90 Å². The summed E-state index contributed by atoms with van der Waals surface area (Å²) in [5, 5.41) is 9.02. The molecule has 1 saturated heterocycles. The van der Waals surface area contributed by atoms with Gasteiger partial charge in [0.25, 0.3) is 0 Å². The summed E-state index contributed by atoms with van der Waals surface area (Å²) >= 11 is 0. The van der Waals surface area contributed by atoms with E-state index < -0.39 is 5.97 Å². The van der Waals surface area contributed by atoms with Gasteiger partial charge in [-0.1, -0.05) is 0 Å². The standard InChI is InChI=1S/C12H19NO3/c1-8(14)13-6-2-3-9-7-10(12(15)16)4-5-11(9)13/h9-11H,2-7H2,1H3,(H,15,16). The Balaban J connectivity index is 2.05. The molecule has 90 valence electrons. The molecule has 1 N–H and O–H groups in total. The molecule has 1 aliphatic heterocycles. The first-order valence-electron chi connectivity index (χ1n) is 6.09. The van der Waals surface area contributed by atoms with E-state index in [-0.39, 0.29) is 11.8 Å². The molecule has 1 saturated carbocycles. The fraction of sp³-hybridized carbons (Fsp3) is 0.833. The molecule has 2 aliphatic rings. The number of piperidine rings is 1. The van der Waals surface area contributed by atoms with Crippen LogP contribution in [0.4, 0.5) is 0 Å². The minimum atomic E-state index is -0.668. The van der Waals surface area contributed by atoms with Crippen molar-refractivity contribution in [2.24, 2.45) is 11.8 Å². The van der Waals surface area contributed by atoms with Gasteiger partial charge < -0.3 is 10.0 Å². The van der Waals surface area contributed by atoms with Crippen LogP contribution >= 0.6 is 0 Å². The number of hydrogen-bond donors (Lipinski definition) is 1. The predicted molar refractivity (Wildman–Crippen MR) is 58.9 cm³/mol. The molecule has 2 fully saturated rings. The van der Waals surface area contributed by atoms with Gasteiger partial charge in [0.05, 0.1) is 5.92 Å². The van der Waals surface area contributed by atoms with Gasteiger partial charge in [0.1, 0.15) is 0 Å². The summed E-state index contributed by atoms with van der Waals surface area (Å²) in [5.41, 5.74) is 0. The van der Waals surface area contributed by atoms with Crippen molar-refractivity contribution in [3.63, 3.8) is 0 Å². The Morgan fingerprint density at radius 1 is 1.25 bits per heavy atom. The quantitative estimate of drug-likeness (QED) is 0.735. The first-order chi connectivity index (χ1) is 7.59. The molecular weight excluding hydrogens is 206 g/mol. The van der Waals surface area contributed by atoms with Crippen molar-refractivity contribution in [1.29, 1.82) is 0 Å². The number of fused-ring (bicyclic) bond motifs is 1. The topological polar surface area (TPSA) is 57.6 Å². The highest BCUT2D eigenvalue weighted by molar-refractivity contribution is 5.74. The van der Waals surface area contributed by atoms with Crippen molar-refractivity contribution < 1.29 is 14.7 Å². The van der Waals surface area contributed by atoms with Crippen LogP contribution < -0.4 is 0 Å². The molecule has 3 unspecified atom stereocenters. The highest BCUT2D eigenvalue weighted by Crippen LogP contribution is 2.38. The molecule has 16 heavy (non-hydrogen) atoms. The predicted octanol–water partition coefficient (Wildman–Crippen LogP) is 1.50. The fourth-order valence-corrected chi connectivity index (χ4v) is 3.27. The summed E-state index contributed by atoms with van der Waals surface area (Å²) in [4.78, 5) is 24.4. The number of aliphatic carboxylic acids is 1. The molecule has 0 radical (unpaired) electrons. The number of amides is 1. The van der Waals surface area contributed by atoms with E-state index in [1.807, 2.05) is 4.90 Å². The molecule has 0 aromatic heterocycles. The second kappa shape index (κ2) is 4.44. The van der Waals surface area contributed by atoms with Gasteiger partial charge in [0, 0.05) is 19.5 Å². The van der Waals surface area contributed by atoms with Gasteiger partial charge >= 0.3 is 5.97 Å². The van der Waals surface area contributed by atoms with Gasteiger partial charge in [-0.25, -0.2) is 0 Å². The Kier molecular flexibility index (Phi) is 3.17. The zero-order valence-electron chi connectivity index (χ0n) is 9.69. The van der Waals surface area contributed by atoms with Crippen molar-refractivity contribution >= 4 is 11.9 Å². The second-order valence-corrected chi connectivity index (χ2v) is 5.03. The van der Waals surface area contributed by atoms with Crippen LogP contribution in [0.25, 0.3) is 0 Å². The Morgan fingerprint density at radius 3 is 2.62 bits per heavy atom. The van der Waals surface area contributed by atoms with Crippen LogP contribution in [0.5, 0.6) is 0 Å². The van der Waals surface area contributed by atoms with Crippen LogP contribution in [0.15, 0.2) is 0 Å². The lowest BCUT2D eigenvalue weighted by Gasteiger charge is -2.45. The lowest BCUT2D eigenvalue weighted by atomic mass is 9.73. The fourth-order valence-electron chi connectivity index (χ4n) is 3.27. The molecule has 0 aromatic carbocycles. The third-order valence-corrected chi connectivity index (χ3v) is 4.07. The van der Waals surface area contributed by atoms with E-state index in [1.54, 1.807) is 6.92 Å². The third-order valence-electron chi connectivity index (χ3n) is 4.07. The maximum atomic E-state index is 11.5. The molecule has 0 aromatic rings. The third kappa shape index (κ3) is 2.06. The summed E-state index contributed by atoms with van der Waals surface area (Å²) in [7, 11) is 0.